The molecule has 0 radical (unpaired) electrons. The summed E-state index contributed by atoms with van der Waals surface area (Å²) in [5.74, 6) is 0.118. The topological polar surface area (TPSA) is 47.8 Å². The van der Waals surface area contributed by atoms with Crippen LogP contribution in [0.4, 0.5) is 0 Å². The summed E-state index contributed by atoms with van der Waals surface area (Å²) in [6.07, 6.45) is 2.22. The second kappa shape index (κ2) is 3.90. The summed E-state index contributed by atoms with van der Waals surface area (Å²) in [5.41, 5.74) is 0.933. The fourth-order valence-corrected chi connectivity index (χ4v) is 1.24. The van der Waals surface area contributed by atoms with Crippen LogP contribution in [0, 0.1) is 5.41 Å². The third-order valence-electron chi connectivity index (χ3n) is 1.65. The van der Waals surface area contributed by atoms with E-state index in [2.05, 4.69) is 31.1 Å². The van der Waals surface area contributed by atoms with Crippen LogP contribution in [-0.2, 0) is 17.8 Å². The number of nitrogens with zero attached hydrogens (tertiary/aromatic N) is 3. The largest absolute Gasteiger partial charge is 0.300 e. The van der Waals surface area contributed by atoms with Crippen molar-refractivity contribution in [2.45, 2.75) is 40.7 Å². The number of carbonyl (C=O) groups excluding carboxylic acids is 1. The standard InChI is InChI=1S/C10H17N3O/c1-8(14)5-9-6-13(12-11-9)7-10(2,3)4/h6H,5,7H2,1-4H3. The van der Waals surface area contributed by atoms with Crippen LogP contribution in [-0.4, -0.2) is 20.8 Å². The van der Waals surface area contributed by atoms with Crippen molar-refractivity contribution in [2.24, 2.45) is 5.41 Å². The summed E-state index contributed by atoms with van der Waals surface area (Å²) in [6, 6.07) is 0. The fraction of sp³-hybridized carbons (Fsp3) is 0.700. The molecule has 0 atom stereocenters. The van der Waals surface area contributed by atoms with Crippen molar-refractivity contribution in [3.8, 4) is 0 Å². The van der Waals surface area contributed by atoms with Crippen LogP contribution >= 0.6 is 0 Å². The summed E-state index contributed by atoms with van der Waals surface area (Å²) >= 11 is 0. The fourth-order valence-electron chi connectivity index (χ4n) is 1.24. The monoisotopic (exact) mass is 195 g/mol. The molecule has 0 aliphatic heterocycles. The number of hydrogen-bond acceptors (Lipinski definition) is 3. The van der Waals surface area contributed by atoms with Gasteiger partial charge in [0, 0.05) is 12.7 Å². The Hall–Kier alpha value is -1.19. The number of carbonyl (C=O) groups is 1. The molecule has 1 aromatic heterocycles. The van der Waals surface area contributed by atoms with E-state index in [0.717, 1.165) is 12.2 Å². The van der Waals surface area contributed by atoms with Crippen LogP contribution < -0.4 is 0 Å². The summed E-state index contributed by atoms with van der Waals surface area (Å²) in [4.78, 5) is 10.8. The Morgan fingerprint density at radius 2 is 2.14 bits per heavy atom. The van der Waals surface area contributed by atoms with E-state index >= 15 is 0 Å². The third-order valence-corrected chi connectivity index (χ3v) is 1.65. The Morgan fingerprint density at radius 3 is 2.64 bits per heavy atom. The average Bonchev–Trinajstić information content (AvgIpc) is 2.30. The van der Waals surface area contributed by atoms with E-state index in [0.29, 0.717) is 6.42 Å². The van der Waals surface area contributed by atoms with E-state index in [9.17, 15) is 4.79 Å². The van der Waals surface area contributed by atoms with Crippen LogP contribution in [0.2, 0.25) is 0 Å². The maximum Gasteiger partial charge on any atom is 0.135 e. The van der Waals surface area contributed by atoms with Crippen LogP contribution in [0.15, 0.2) is 6.20 Å². The maximum atomic E-state index is 10.8. The minimum Gasteiger partial charge on any atom is -0.300 e. The highest BCUT2D eigenvalue weighted by atomic mass is 16.1. The van der Waals surface area contributed by atoms with E-state index in [1.807, 2.05) is 6.20 Å². The molecule has 0 N–H and O–H groups in total. The molecule has 4 nitrogen and oxygen atoms in total. The molecule has 78 valence electrons. The van der Waals surface area contributed by atoms with E-state index in [1.54, 1.807) is 11.6 Å². The molecule has 0 saturated heterocycles. The van der Waals surface area contributed by atoms with Crippen LogP contribution in [0.3, 0.4) is 0 Å². The van der Waals surface area contributed by atoms with Gasteiger partial charge in [-0.25, -0.2) is 0 Å². The normalized spacial score (nSPS) is 11.7. The molecule has 0 aliphatic carbocycles. The van der Waals surface area contributed by atoms with Gasteiger partial charge in [0.2, 0.25) is 0 Å². The zero-order valence-corrected chi connectivity index (χ0v) is 9.24. The quantitative estimate of drug-likeness (QED) is 0.733. The van der Waals surface area contributed by atoms with Gasteiger partial charge >= 0.3 is 0 Å². The number of rotatable bonds is 3. The Bertz CT molecular complexity index is 322. The summed E-state index contributed by atoms with van der Waals surface area (Å²) in [7, 11) is 0. The van der Waals surface area contributed by atoms with Crippen molar-refractivity contribution in [1.29, 1.82) is 0 Å². The van der Waals surface area contributed by atoms with Crippen LogP contribution in [0.25, 0.3) is 0 Å². The average molecular weight is 195 g/mol. The van der Waals surface area contributed by atoms with Gasteiger partial charge in [-0.15, -0.1) is 5.10 Å². The molecule has 0 aromatic carbocycles. The Balaban J connectivity index is 2.64. The SMILES string of the molecule is CC(=O)Cc1cn(CC(C)(C)C)nn1. The Labute approximate surface area is 84.3 Å². The molecule has 1 heterocycles. The van der Waals surface area contributed by atoms with Crippen LogP contribution in [0.5, 0.6) is 0 Å². The van der Waals surface area contributed by atoms with Crippen LogP contribution in [0.1, 0.15) is 33.4 Å². The van der Waals surface area contributed by atoms with E-state index in [4.69, 9.17) is 0 Å². The lowest BCUT2D eigenvalue weighted by Gasteiger charge is -2.16. The second-order valence-electron chi connectivity index (χ2n) is 4.85. The highest BCUT2D eigenvalue weighted by molar-refractivity contribution is 5.77. The third kappa shape index (κ3) is 3.68. The number of aromatic nitrogens is 3. The van der Waals surface area contributed by atoms with Crippen molar-refractivity contribution in [3.63, 3.8) is 0 Å². The minimum absolute atomic E-state index is 0.118. The van der Waals surface area contributed by atoms with Crippen molar-refractivity contribution in [2.75, 3.05) is 0 Å². The first-order chi connectivity index (χ1) is 6.37. The van der Waals surface area contributed by atoms with Gasteiger partial charge in [-0.05, 0) is 12.3 Å². The van der Waals surface area contributed by atoms with Gasteiger partial charge < -0.3 is 0 Å². The number of Topliss-reactive ketones (excluding diaryl/α,β-unsaturated/α-hetero) is 1. The molecule has 0 fully saturated rings. The molecular formula is C10H17N3O. The lowest BCUT2D eigenvalue weighted by atomic mass is 9.97. The van der Waals surface area contributed by atoms with Gasteiger partial charge in [-0.2, -0.15) is 0 Å². The number of ketones is 1. The van der Waals surface area contributed by atoms with Gasteiger partial charge in [0.15, 0.2) is 0 Å². The van der Waals surface area contributed by atoms with Crippen molar-refractivity contribution < 1.29 is 4.79 Å². The summed E-state index contributed by atoms with van der Waals surface area (Å²) in [6.45, 7) is 8.79. The second-order valence-corrected chi connectivity index (χ2v) is 4.85. The van der Waals surface area contributed by atoms with Gasteiger partial charge in [0.1, 0.15) is 5.78 Å². The Morgan fingerprint density at radius 1 is 1.50 bits per heavy atom. The molecule has 0 saturated carbocycles. The van der Waals surface area contributed by atoms with E-state index in [1.165, 1.54) is 0 Å². The smallest absolute Gasteiger partial charge is 0.135 e. The molecule has 1 rings (SSSR count). The van der Waals surface area contributed by atoms with Crippen molar-refractivity contribution in [3.05, 3.63) is 11.9 Å². The summed E-state index contributed by atoms with van der Waals surface area (Å²) < 4.78 is 1.79. The predicted octanol–water partition coefficient (Wildman–Crippen LogP) is 1.46. The molecule has 4 heteroatoms. The first kappa shape index (κ1) is 10.9. The molecule has 14 heavy (non-hydrogen) atoms. The molecule has 0 amide bonds. The number of hydrogen-bond donors (Lipinski definition) is 0. The minimum atomic E-state index is 0.118. The van der Waals surface area contributed by atoms with Gasteiger partial charge in [0.05, 0.1) is 12.1 Å². The zero-order chi connectivity index (χ0) is 10.8. The highest BCUT2D eigenvalue weighted by Gasteiger charge is 2.12. The van der Waals surface area contributed by atoms with Gasteiger partial charge in [-0.3, -0.25) is 9.48 Å². The molecule has 0 aliphatic rings. The first-order valence-electron chi connectivity index (χ1n) is 4.75. The lowest BCUT2D eigenvalue weighted by Crippen LogP contribution is -2.15. The summed E-state index contributed by atoms with van der Waals surface area (Å²) in [5, 5.41) is 7.90. The predicted molar refractivity (Wildman–Crippen MR) is 53.9 cm³/mol. The maximum absolute atomic E-state index is 10.8. The first-order valence-corrected chi connectivity index (χ1v) is 4.75. The van der Waals surface area contributed by atoms with E-state index in [-0.39, 0.29) is 11.2 Å². The highest BCUT2D eigenvalue weighted by Crippen LogP contribution is 2.15. The van der Waals surface area contributed by atoms with E-state index < -0.39 is 0 Å². The van der Waals surface area contributed by atoms with Gasteiger partial charge in [0.25, 0.3) is 0 Å². The Kier molecular flexibility index (Phi) is 3.03. The molecule has 0 bridgehead atoms. The van der Waals surface area contributed by atoms with Crippen molar-refractivity contribution in [1.82, 2.24) is 15.0 Å². The zero-order valence-electron chi connectivity index (χ0n) is 9.24. The molecule has 1 aromatic rings. The molecule has 0 unspecified atom stereocenters. The molecule has 0 spiro atoms. The van der Waals surface area contributed by atoms with Gasteiger partial charge in [-0.1, -0.05) is 26.0 Å². The molecular weight excluding hydrogens is 178 g/mol. The van der Waals surface area contributed by atoms with Crippen molar-refractivity contribution >= 4 is 5.78 Å². The lowest BCUT2D eigenvalue weighted by molar-refractivity contribution is -0.116.